The molecule has 2 rings (SSSR count). The number of halogens is 2. The van der Waals surface area contributed by atoms with Gasteiger partial charge in [-0.25, -0.2) is 0 Å². The Hall–Kier alpha value is -1.65. The van der Waals surface area contributed by atoms with E-state index in [1.54, 1.807) is 12.1 Å². The van der Waals surface area contributed by atoms with Gasteiger partial charge in [0, 0.05) is 12.0 Å². The highest BCUT2D eigenvalue weighted by Gasteiger charge is 2.35. The van der Waals surface area contributed by atoms with E-state index in [2.05, 4.69) is 10.1 Å². The number of ether oxygens (including phenoxy) is 1. The predicted octanol–water partition coefficient (Wildman–Crippen LogP) is 3.48. The fourth-order valence-corrected chi connectivity index (χ4v) is 2.57. The average Bonchev–Trinajstić information content (AvgIpc) is 2.85. The van der Waals surface area contributed by atoms with Crippen molar-refractivity contribution in [2.45, 2.75) is 45.8 Å². The van der Waals surface area contributed by atoms with Gasteiger partial charge in [0.05, 0.1) is 0 Å². The molecular formula is C15H19F2NO2. The molecule has 20 heavy (non-hydrogen) atoms. The molecule has 0 aliphatic heterocycles. The van der Waals surface area contributed by atoms with Crippen LogP contribution in [-0.4, -0.2) is 12.5 Å². The predicted molar refractivity (Wildman–Crippen MR) is 71.5 cm³/mol. The Kier molecular flexibility index (Phi) is 4.57. The van der Waals surface area contributed by atoms with Crippen molar-refractivity contribution in [1.82, 2.24) is 5.32 Å². The normalized spacial score (nSPS) is 17.2. The van der Waals surface area contributed by atoms with Gasteiger partial charge in [-0.1, -0.05) is 31.9 Å². The van der Waals surface area contributed by atoms with E-state index >= 15 is 0 Å². The smallest absolute Gasteiger partial charge is 0.387 e. The highest BCUT2D eigenvalue weighted by Crippen LogP contribution is 2.37. The number of carbonyl (C=O) groups is 1. The minimum Gasteiger partial charge on any atom is -0.435 e. The van der Waals surface area contributed by atoms with Crippen LogP contribution in [0.4, 0.5) is 8.78 Å². The van der Waals surface area contributed by atoms with Crippen LogP contribution in [0.25, 0.3) is 0 Å². The van der Waals surface area contributed by atoms with Crippen LogP contribution in [0.2, 0.25) is 0 Å². The maximum absolute atomic E-state index is 12.1. The van der Waals surface area contributed by atoms with E-state index in [0.717, 1.165) is 31.2 Å². The van der Waals surface area contributed by atoms with E-state index in [9.17, 15) is 13.6 Å². The lowest BCUT2D eigenvalue weighted by molar-refractivity contribution is -0.130. The third-order valence-corrected chi connectivity index (χ3v) is 3.86. The molecule has 1 aliphatic carbocycles. The van der Waals surface area contributed by atoms with Crippen LogP contribution >= 0.6 is 0 Å². The van der Waals surface area contributed by atoms with Crippen molar-refractivity contribution >= 4 is 5.91 Å². The lowest BCUT2D eigenvalue weighted by atomic mass is 9.88. The van der Waals surface area contributed by atoms with Gasteiger partial charge in [0.1, 0.15) is 5.75 Å². The van der Waals surface area contributed by atoms with Gasteiger partial charge in [-0.2, -0.15) is 8.78 Å². The van der Waals surface area contributed by atoms with Crippen molar-refractivity contribution in [2.75, 3.05) is 0 Å². The van der Waals surface area contributed by atoms with Crippen molar-refractivity contribution in [2.24, 2.45) is 5.41 Å². The topological polar surface area (TPSA) is 38.3 Å². The highest BCUT2D eigenvalue weighted by atomic mass is 19.3. The zero-order valence-electron chi connectivity index (χ0n) is 11.5. The van der Waals surface area contributed by atoms with Crippen molar-refractivity contribution < 1.29 is 18.3 Å². The Balaban J connectivity index is 1.86. The molecule has 0 heterocycles. The number of benzene rings is 1. The molecular weight excluding hydrogens is 264 g/mol. The molecule has 0 saturated heterocycles. The van der Waals surface area contributed by atoms with E-state index in [0.29, 0.717) is 6.54 Å². The number of hydrogen-bond acceptors (Lipinski definition) is 2. The quantitative estimate of drug-likeness (QED) is 0.898. The number of nitrogens with one attached hydrogen (secondary N) is 1. The molecule has 1 N–H and O–H groups in total. The molecule has 1 saturated carbocycles. The van der Waals surface area contributed by atoms with Crippen LogP contribution < -0.4 is 10.1 Å². The maximum atomic E-state index is 12.1. The number of hydrogen-bond donors (Lipinski definition) is 1. The van der Waals surface area contributed by atoms with Crippen molar-refractivity contribution in [3.05, 3.63) is 29.8 Å². The minimum absolute atomic E-state index is 0.0721. The van der Waals surface area contributed by atoms with E-state index in [4.69, 9.17) is 0 Å². The lowest BCUT2D eigenvalue weighted by Gasteiger charge is -2.22. The molecule has 0 unspecified atom stereocenters. The van der Waals surface area contributed by atoms with Gasteiger partial charge in [-0.3, -0.25) is 4.79 Å². The van der Waals surface area contributed by atoms with E-state index in [1.807, 2.05) is 6.92 Å². The summed E-state index contributed by atoms with van der Waals surface area (Å²) in [7, 11) is 0. The third-order valence-electron chi connectivity index (χ3n) is 3.86. The average molecular weight is 283 g/mol. The summed E-state index contributed by atoms with van der Waals surface area (Å²) in [6.07, 6.45) is 4.06. The summed E-state index contributed by atoms with van der Waals surface area (Å²) in [6, 6.07) is 6.31. The van der Waals surface area contributed by atoms with Crippen LogP contribution in [0.5, 0.6) is 5.75 Å². The Labute approximate surface area is 117 Å². The second kappa shape index (κ2) is 6.20. The van der Waals surface area contributed by atoms with Gasteiger partial charge in [0.25, 0.3) is 0 Å². The standard InChI is InChI=1S/C15H19F2NO2/c1-15(8-2-3-9-15)13(19)18-10-11-4-6-12(7-5-11)20-14(16)17/h4-7,14H,2-3,8-10H2,1H3,(H,18,19). The Bertz CT molecular complexity index is 453. The number of alkyl halides is 2. The first-order valence-corrected chi connectivity index (χ1v) is 6.82. The zero-order chi connectivity index (χ0) is 14.6. The highest BCUT2D eigenvalue weighted by molar-refractivity contribution is 5.82. The molecule has 1 aromatic rings. The fourth-order valence-electron chi connectivity index (χ4n) is 2.57. The molecule has 1 aliphatic rings. The molecule has 0 aromatic heterocycles. The summed E-state index contributed by atoms with van der Waals surface area (Å²) < 4.78 is 28.3. The second-order valence-corrected chi connectivity index (χ2v) is 5.47. The summed E-state index contributed by atoms with van der Waals surface area (Å²) in [6.45, 7) is -0.416. The maximum Gasteiger partial charge on any atom is 0.387 e. The lowest BCUT2D eigenvalue weighted by Crippen LogP contribution is -2.36. The van der Waals surface area contributed by atoms with Gasteiger partial charge in [-0.15, -0.1) is 0 Å². The van der Waals surface area contributed by atoms with Crippen molar-refractivity contribution in [1.29, 1.82) is 0 Å². The Morgan fingerprint density at radius 1 is 1.30 bits per heavy atom. The monoisotopic (exact) mass is 283 g/mol. The van der Waals surface area contributed by atoms with Crippen LogP contribution in [0.3, 0.4) is 0 Å². The van der Waals surface area contributed by atoms with Crippen molar-refractivity contribution in [3.8, 4) is 5.75 Å². The molecule has 3 nitrogen and oxygen atoms in total. The summed E-state index contributed by atoms with van der Waals surface area (Å²) >= 11 is 0. The molecule has 0 atom stereocenters. The summed E-state index contributed by atoms with van der Waals surface area (Å²) in [5.41, 5.74) is 0.611. The van der Waals surface area contributed by atoms with E-state index in [1.165, 1.54) is 12.1 Å². The Morgan fingerprint density at radius 2 is 1.90 bits per heavy atom. The molecule has 1 aromatic carbocycles. The van der Waals surface area contributed by atoms with Gasteiger partial charge < -0.3 is 10.1 Å². The molecule has 0 spiro atoms. The van der Waals surface area contributed by atoms with Crippen LogP contribution in [0, 0.1) is 5.41 Å². The first-order valence-electron chi connectivity index (χ1n) is 6.82. The number of amides is 1. The Morgan fingerprint density at radius 3 is 2.45 bits per heavy atom. The summed E-state index contributed by atoms with van der Waals surface area (Å²) in [5.74, 6) is 0.195. The SMILES string of the molecule is CC1(C(=O)NCc2ccc(OC(F)F)cc2)CCCC1. The summed E-state index contributed by atoms with van der Waals surface area (Å²) in [4.78, 5) is 12.1. The number of rotatable bonds is 5. The van der Waals surface area contributed by atoms with Crippen LogP contribution in [0.1, 0.15) is 38.2 Å². The van der Waals surface area contributed by atoms with Gasteiger partial charge >= 0.3 is 6.61 Å². The largest absolute Gasteiger partial charge is 0.435 e. The molecule has 110 valence electrons. The minimum atomic E-state index is -2.82. The third kappa shape index (κ3) is 3.68. The molecule has 0 radical (unpaired) electrons. The molecule has 1 fully saturated rings. The molecule has 5 heteroatoms. The first-order chi connectivity index (χ1) is 9.49. The second-order valence-electron chi connectivity index (χ2n) is 5.47. The van der Waals surface area contributed by atoms with Gasteiger partial charge in [0.15, 0.2) is 0 Å². The fraction of sp³-hybridized carbons (Fsp3) is 0.533. The van der Waals surface area contributed by atoms with Crippen LogP contribution in [-0.2, 0) is 11.3 Å². The van der Waals surface area contributed by atoms with Crippen molar-refractivity contribution in [3.63, 3.8) is 0 Å². The zero-order valence-corrected chi connectivity index (χ0v) is 11.5. The van der Waals surface area contributed by atoms with Crippen LogP contribution in [0.15, 0.2) is 24.3 Å². The summed E-state index contributed by atoms with van der Waals surface area (Å²) in [5, 5.41) is 2.91. The van der Waals surface area contributed by atoms with Gasteiger partial charge in [-0.05, 0) is 30.5 Å². The van der Waals surface area contributed by atoms with E-state index in [-0.39, 0.29) is 17.1 Å². The molecule has 0 bridgehead atoms. The molecule has 1 amide bonds. The first kappa shape index (κ1) is 14.8. The van der Waals surface area contributed by atoms with Gasteiger partial charge in [0.2, 0.25) is 5.91 Å². The van der Waals surface area contributed by atoms with E-state index < -0.39 is 6.61 Å². The number of carbonyl (C=O) groups excluding carboxylic acids is 1.